The quantitative estimate of drug-likeness (QED) is 0.848. The van der Waals surface area contributed by atoms with Crippen LogP contribution in [0.5, 0.6) is 0 Å². The molecule has 1 unspecified atom stereocenters. The smallest absolute Gasteiger partial charge is 0.175 e. The Labute approximate surface area is 91.2 Å². The van der Waals surface area contributed by atoms with Gasteiger partial charge < -0.3 is 5.73 Å². The predicted molar refractivity (Wildman–Crippen MR) is 61.6 cm³/mol. The summed E-state index contributed by atoms with van der Waals surface area (Å²) in [5.41, 5.74) is 6.60. The Balaban J connectivity index is 2.90. The van der Waals surface area contributed by atoms with E-state index in [1.165, 1.54) is 6.26 Å². The Morgan fingerprint density at radius 1 is 1.27 bits per heavy atom. The van der Waals surface area contributed by atoms with Gasteiger partial charge in [-0.3, -0.25) is 0 Å². The van der Waals surface area contributed by atoms with E-state index in [1.807, 2.05) is 12.1 Å². The summed E-state index contributed by atoms with van der Waals surface area (Å²) in [6.07, 6.45) is 2.13. The lowest BCUT2D eigenvalue weighted by molar-refractivity contribution is 0.601. The normalized spacial score (nSPS) is 13.8. The Bertz CT molecular complexity index is 409. The standard InChI is InChI=1S/C11H17NO2S/c1-9(7-8-12)10-3-5-11(6-4-10)15(2,13)14/h3-6,9H,7-8,12H2,1-2H3. The van der Waals surface area contributed by atoms with E-state index in [9.17, 15) is 8.42 Å². The van der Waals surface area contributed by atoms with Gasteiger partial charge in [-0.2, -0.15) is 0 Å². The van der Waals surface area contributed by atoms with Gasteiger partial charge in [0.15, 0.2) is 9.84 Å². The van der Waals surface area contributed by atoms with Crippen molar-refractivity contribution in [3.05, 3.63) is 29.8 Å². The third kappa shape index (κ3) is 3.32. The van der Waals surface area contributed by atoms with Crippen molar-refractivity contribution in [1.82, 2.24) is 0 Å². The molecule has 0 bridgehead atoms. The Hall–Kier alpha value is -0.870. The number of sulfone groups is 1. The molecule has 0 aromatic heterocycles. The maximum absolute atomic E-state index is 11.2. The van der Waals surface area contributed by atoms with Crippen molar-refractivity contribution in [2.24, 2.45) is 5.73 Å². The maximum Gasteiger partial charge on any atom is 0.175 e. The lowest BCUT2D eigenvalue weighted by atomic mass is 9.98. The van der Waals surface area contributed by atoms with Crippen LogP contribution in [-0.2, 0) is 9.84 Å². The fourth-order valence-electron chi connectivity index (χ4n) is 1.46. The molecular weight excluding hydrogens is 210 g/mol. The van der Waals surface area contributed by atoms with Gasteiger partial charge in [-0.1, -0.05) is 19.1 Å². The number of benzene rings is 1. The number of hydrogen-bond acceptors (Lipinski definition) is 3. The molecule has 1 aromatic rings. The van der Waals surface area contributed by atoms with E-state index < -0.39 is 9.84 Å². The van der Waals surface area contributed by atoms with Crippen molar-refractivity contribution in [2.45, 2.75) is 24.2 Å². The molecule has 84 valence electrons. The summed E-state index contributed by atoms with van der Waals surface area (Å²) in [6, 6.07) is 7.02. The summed E-state index contributed by atoms with van der Waals surface area (Å²) < 4.78 is 22.4. The van der Waals surface area contributed by atoms with E-state index in [1.54, 1.807) is 12.1 Å². The van der Waals surface area contributed by atoms with Crippen molar-refractivity contribution in [1.29, 1.82) is 0 Å². The fraction of sp³-hybridized carbons (Fsp3) is 0.455. The minimum absolute atomic E-state index is 0.367. The summed E-state index contributed by atoms with van der Waals surface area (Å²) in [7, 11) is -3.08. The molecule has 0 aliphatic heterocycles. The highest BCUT2D eigenvalue weighted by atomic mass is 32.2. The molecule has 0 fully saturated rings. The molecule has 0 heterocycles. The topological polar surface area (TPSA) is 60.2 Å². The van der Waals surface area contributed by atoms with E-state index in [0.29, 0.717) is 17.4 Å². The van der Waals surface area contributed by atoms with Crippen LogP contribution in [0.2, 0.25) is 0 Å². The van der Waals surface area contributed by atoms with Crippen molar-refractivity contribution in [2.75, 3.05) is 12.8 Å². The molecule has 0 amide bonds. The summed E-state index contributed by atoms with van der Waals surface area (Å²) in [6.45, 7) is 2.73. The minimum Gasteiger partial charge on any atom is -0.330 e. The second-order valence-corrected chi connectivity index (χ2v) is 5.84. The highest BCUT2D eigenvalue weighted by Gasteiger charge is 2.08. The maximum atomic E-state index is 11.2. The molecule has 3 nitrogen and oxygen atoms in total. The SMILES string of the molecule is CC(CCN)c1ccc(S(C)(=O)=O)cc1. The van der Waals surface area contributed by atoms with Crippen LogP contribution in [0, 0.1) is 0 Å². The highest BCUT2D eigenvalue weighted by Crippen LogP contribution is 2.20. The van der Waals surface area contributed by atoms with Gasteiger partial charge in [0, 0.05) is 6.26 Å². The van der Waals surface area contributed by atoms with Crippen LogP contribution in [0.3, 0.4) is 0 Å². The molecule has 0 saturated carbocycles. The monoisotopic (exact) mass is 227 g/mol. The van der Waals surface area contributed by atoms with E-state index >= 15 is 0 Å². The van der Waals surface area contributed by atoms with Crippen LogP contribution in [-0.4, -0.2) is 21.2 Å². The van der Waals surface area contributed by atoms with E-state index in [2.05, 4.69) is 6.92 Å². The first kappa shape index (κ1) is 12.2. The molecule has 2 N–H and O–H groups in total. The van der Waals surface area contributed by atoms with Crippen LogP contribution < -0.4 is 5.73 Å². The predicted octanol–water partition coefficient (Wildman–Crippen LogP) is 1.54. The van der Waals surface area contributed by atoms with Gasteiger partial charge in [0.05, 0.1) is 4.90 Å². The van der Waals surface area contributed by atoms with Gasteiger partial charge in [0.25, 0.3) is 0 Å². The first-order valence-corrected chi connectivity index (χ1v) is 6.84. The van der Waals surface area contributed by atoms with Crippen LogP contribution >= 0.6 is 0 Å². The van der Waals surface area contributed by atoms with E-state index in [-0.39, 0.29) is 0 Å². The Morgan fingerprint density at radius 2 is 1.80 bits per heavy atom. The van der Waals surface area contributed by atoms with Gasteiger partial charge in [-0.15, -0.1) is 0 Å². The van der Waals surface area contributed by atoms with Crippen LogP contribution in [0.4, 0.5) is 0 Å². The molecule has 0 spiro atoms. The summed E-state index contributed by atoms with van der Waals surface area (Å²) in [5.74, 6) is 0.378. The molecule has 4 heteroatoms. The Kier molecular flexibility index (Phi) is 3.88. The highest BCUT2D eigenvalue weighted by molar-refractivity contribution is 7.90. The second-order valence-electron chi connectivity index (χ2n) is 3.82. The molecule has 0 radical (unpaired) electrons. The number of rotatable bonds is 4. The van der Waals surface area contributed by atoms with Gasteiger partial charge in [-0.05, 0) is 36.6 Å². The zero-order valence-corrected chi connectivity index (χ0v) is 9.92. The molecule has 1 rings (SSSR count). The summed E-state index contributed by atoms with van der Waals surface area (Å²) in [5, 5.41) is 0. The fourth-order valence-corrected chi connectivity index (χ4v) is 2.09. The van der Waals surface area contributed by atoms with Crippen LogP contribution in [0.1, 0.15) is 24.8 Å². The van der Waals surface area contributed by atoms with Crippen molar-refractivity contribution in [3.8, 4) is 0 Å². The van der Waals surface area contributed by atoms with Crippen molar-refractivity contribution in [3.63, 3.8) is 0 Å². The lowest BCUT2D eigenvalue weighted by Gasteiger charge is -2.10. The first-order chi connectivity index (χ1) is 6.95. The summed E-state index contributed by atoms with van der Waals surface area (Å²) in [4.78, 5) is 0.367. The molecule has 0 saturated heterocycles. The zero-order chi connectivity index (χ0) is 11.5. The minimum atomic E-state index is -3.08. The van der Waals surface area contributed by atoms with Crippen molar-refractivity contribution >= 4 is 9.84 Å². The number of hydrogen-bond donors (Lipinski definition) is 1. The average Bonchev–Trinajstić information content (AvgIpc) is 2.17. The largest absolute Gasteiger partial charge is 0.330 e. The van der Waals surface area contributed by atoms with Gasteiger partial charge in [0.1, 0.15) is 0 Å². The second kappa shape index (κ2) is 4.77. The average molecular weight is 227 g/mol. The molecule has 1 atom stereocenters. The molecule has 0 aliphatic rings. The van der Waals surface area contributed by atoms with Crippen molar-refractivity contribution < 1.29 is 8.42 Å². The van der Waals surface area contributed by atoms with E-state index in [4.69, 9.17) is 5.73 Å². The molecule has 15 heavy (non-hydrogen) atoms. The van der Waals surface area contributed by atoms with Gasteiger partial charge >= 0.3 is 0 Å². The molecule has 0 aliphatic carbocycles. The van der Waals surface area contributed by atoms with E-state index in [0.717, 1.165) is 12.0 Å². The molecular formula is C11H17NO2S. The zero-order valence-electron chi connectivity index (χ0n) is 9.10. The van der Waals surface area contributed by atoms with Crippen LogP contribution in [0.15, 0.2) is 29.2 Å². The third-order valence-corrected chi connectivity index (χ3v) is 3.61. The summed E-state index contributed by atoms with van der Waals surface area (Å²) >= 11 is 0. The molecule has 1 aromatic carbocycles. The lowest BCUT2D eigenvalue weighted by Crippen LogP contribution is -2.05. The Morgan fingerprint density at radius 3 is 2.20 bits per heavy atom. The third-order valence-electron chi connectivity index (χ3n) is 2.48. The number of nitrogens with two attached hydrogens (primary N) is 1. The van der Waals surface area contributed by atoms with Gasteiger partial charge in [0.2, 0.25) is 0 Å². The van der Waals surface area contributed by atoms with Gasteiger partial charge in [-0.25, -0.2) is 8.42 Å². The first-order valence-electron chi connectivity index (χ1n) is 4.95. The van der Waals surface area contributed by atoms with Crippen LogP contribution in [0.25, 0.3) is 0 Å².